The number of allylic oxidation sites excluding steroid dienone is 1. The normalized spacial score (nSPS) is 15.8. The standard InChI is InChI=1S/C14H20N2OS/c1-10-5-12(8-15-10)18-9-13-16-7-11(17-13)6-14(2,3)4/h7-8H,5-6,9H2,1-4H3. The second-order valence-electron chi connectivity index (χ2n) is 5.88. The van der Waals surface area contributed by atoms with Crippen LogP contribution >= 0.6 is 11.8 Å². The molecule has 0 aliphatic carbocycles. The van der Waals surface area contributed by atoms with Crippen LogP contribution in [0.25, 0.3) is 0 Å². The molecule has 0 unspecified atom stereocenters. The molecule has 2 rings (SSSR count). The van der Waals surface area contributed by atoms with Crippen molar-refractivity contribution in [2.45, 2.75) is 46.3 Å². The summed E-state index contributed by atoms with van der Waals surface area (Å²) in [5, 5.41) is 0. The summed E-state index contributed by atoms with van der Waals surface area (Å²) in [4.78, 5) is 9.89. The Bertz CT molecular complexity index is 480. The molecule has 1 aliphatic heterocycles. The summed E-state index contributed by atoms with van der Waals surface area (Å²) in [6.07, 6.45) is 5.70. The van der Waals surface area contributed by atoms with Crippen LogP contribution in [0.1, 0.15) is 45.8 Å². The van der Waals surface area contributed by atoms with Gasteiger partial charge in [-0.1, -0.05) is 20.8 Å². The van der Waals surface area contributed by atoms with E-state index >= 15 is 0 Å². The van der Waals surface area contributed by atoms with Crippen LogP contribution in [-0.2, 0) is 12.2 Å². The Hall–Kier alpha value is -1.03. The van der Waals surface area contributed by atoms with E-state index in [0.717, 1.165) is 30.2 Å². The van der Waals surface area contributed by atoms with Crippen molar-refractivity contribution in [3.63, 3.8) is 0 Å². The molecule has 0 bridgehead atoms. The summed E-state index contributed by atoms with van der Waals surface area (Å²) < 4.78 is 5.75. The fourth-order valence-electron chi connectivity index (χ4n) is 1.79. The first-order valence-electron chi connectivity index (χ1n) is 6.21. The van der Waals surface area contributed by atoms with Crippen LogP contribution in [0.5, 0.6) is 0 Å². The number of oxazole rings is 1. The third-order valence-electron chi connectivity index (χ3n) is 2.55. The van der Waals surface area contributed by atoms with Gasteiger partial charge in [0.1, 0.15) is 5.76 Å². The molecule has 4 heteroatoms. The second kappa shape index (κ2) is 5.31. The van der Waals surface area contributed by atoms with Gasteiger partial charge >= 0.3 is 0 Å². The number of aliphatic imine (C=N–C) groups is 1. The first-order chi connectivity index (χ1) is 8.42. The number of nitrogens with zero attached hydrogens (tertiary/aromatic N) is 2. The molecule has 1 aliphatic rings. The molecule has 2 heterocycles. The largest absolute Gasteiger partial charge is 0.445 e. The lowest BCUT2D eigenvalue weighted by Gasteiger charge is -2.15. The van der Waals surface area contributed by atoms with Crippen LogP contribution in [0.2, 0.25) is 0 Å². The van der Waals surface area contributed by atoms with E-state index in [4.69, 9.17) is 4.42 Å². The summed E-state index contributed by atoms with van der Waals surface area (Å²) in [7, 11) is 0. The zero-order valence-corrected chi connectivity index (χ0v) is 12.3. The Morgan fingerprint density at radius 1 is 1.39 bits per heavy atom. The van der Waals surface area contributed by atoms with Crippen molar-refractivity contribution in [2.75, 3.05) is 0 Å². The number of rotatable bonds is 4. The molecule has 0 saturated carbocycles. The van der Waals surface area contributed by atoms with Crippen LogP contribution < -0.4 is 0 Å². The third-order valence-corrected chi connectivity index (χ3v) is 3.56. The highest BCUT2D eigenvalue weighted by Gasteiger charge is 2.15. The van der Waals surface area contributed by atoms with Gasteiger partial charge in [0, 0.05) is 29.7 Å². The lowest BCUT2D eigenvalue weighted by molar-refractivity contribution is 0.356. The highest BCUT2D eigenvalue weighted by atomic mass is 32.2. The van der Waals surface area contributed by atoms with Gasteiger partial charge in [-0.2, -0.15) is 0 Å². The fraction of sp³-hybridized carbons (Fsp3) is 0.571. The first-order valence-corrected chi connectivity index (χ1v) is 7.20. The van der Waals surface area contributed by atoms with Crippen LogP contribution in [0, 0.1) is 5.41 Å². The molecule has 98 valence electrons. The van der Waals surface area contributed by atoms with E-state index in [1.807, 2.05) is 12.4 Å². The van der Waals surface area contributed by atoms with Crippen molar-refractivity contribution in [3.8, 4) is 0 Å². The molecule has 0 amide bonds. The van der Waals surface area contributed by atoms with E-state index in [9.17, 15) is 0 Å². The molecular formula is C14H20N2OS. The number of hydrogen-bond acceptors (Lipinski definition) is 4. The second-order valence-corrected chi connectivity index (χ2v) is 6.98. The average Bonchev–Trinajstić information content (AvgIpc) is 2.82. The molecule has 0 aromatic carbocycles. The van der Waals surface area contributed by atoms with Gasteiger partial charge in [0.05, 0.1) is 11.9 Å². The van der Waals surface area contributed by atoms with Gasteiger partial charge in [0.2, 0.25) is 5.89 Å². The Kier molecular flexibility index (Phi) is 3.95. The van der Waals surface area contributed by atoms with E-state index < -0.39 is 0 Å². The summed E-state index contributed by atoms with van der Waals surface area (Å²) in [5.41, 5.74) is 1.42. The van der Waals surface area contributed by atoms with Gasteiger partial charge in [-0.25, -0.2) is 4.98 Å². The number of hydrogen-bond donors (Lipinski definition) is 0. The molecule has 0 saturated heterocycles. The molecular weight excluding hydrogens is 244 g/mol. The summed E-state index contributed by atoms with van der Waals surface area (Å²) in [6, 6.07) is 0. The summed E-state index contributed by atoms with van der Waals surface area (Å²) in [6.45, 7) is 8.66. The zero-order chi connectivity index (χ0) is 13.2. The summed E-state index contributed by atoms with van der Waals surface area (Å²) >= 11 is 1.76. The van der Waals surface area contributed by atoms with Crippen LogP contribution in [-0.4, -0.2) is 10.7 Å². The maximum atomic E-state index is 5.75. The van der Waals surface area contributed by atoms with Gasteiger partial charge < -0.3 is 4.42 Å². The van der Waals surface area contributed by atoms with Crippen molar-refractivity contribution in [3.05, 3.63) is 29.0 Å². The van der Waals surface area contributed by atoms with Gasteiger partial charge in [0.15, 0.2) is 0 Å². The van der Waals surface area contributed by atoms with Crippen molar-refractivity contribution >= 4 is 17.5 Å². The quantitative estimate of drug-likeness (QED) is 0.818. The Morgan fingerprint density at radius 3 is 2.78 bits per heavy atom. The van der Waals surface area contributed by atoms with E-state index in [1.165, 1.54) is 10.6 Å². The predicted molar refractivity (Wildman–Crippen MR) is 76.8 cm³/mol. The van der Waals surface area contributed by atoms with Crippen molar-refractivity contribution < 1.29 is 4.42 Å². The fourth-order valence-corrected chi connectivity index (χ4v) is 2.67. The average molecular weight is 264 g/mol. The van der Waals surface area contributed by atoms with E-state index in [-0.39, 0.29) is 5.41 Å². The summed E-state index contributed by atoms with van der Waals surface area (Å²) in [5.74, 6) is 2.58. The van der Waals surface area contributed by atoms with E-state index in [0.29, 0.717) is 0 Å². The lowest BCUT2D eigenvalue weighted by atomic mass is 9.91. The third kappa shape index (κ3) is 4.02. The maximum Gasteiger partial charge on any atom is 0.204 e. The topological polar surface area (TPSA) is 38.4 Å². The Labute approximate surface area is 113 Å². The molecule has 0 fully saturated rings. The van der Waals surface area contributed by atoms with Crippen LogP contribution in [0.3, 0.4) is 0 Å². The zero-order valence-electron chi connectivity index (χ0n) is 11.5. The van der Waals surface area contributed by atoms with E-state index in [1.54, 1.807) is 11.8 Å². The van der Waals surface area contributed by atoms with E-state index in [2.05, 4.69) is 37.7 Å². The Balaban J connectivity index is 1.84. The molecule has 1 aromatic rings. The van der Waals surface area contributed by atoms with Crippen LogP contribution in [0.15, 0.2) is 26.7 Å². The molecule has 18 heavy (non-hydrogen) atoms. The minimum absolute atomic E-state index is 0.239. The monoisotopic (exact) mass is 264 g/mol. The van der Waals surface area contributed by atoms with Crippen LogP contribution in [0.4, 0.5) is 0 Å². The minimum Gasteiger partial charge on any atom is -0.445 e. The number of thioether (sulfide) groups is 1. The molecule has 3 nitrogen and oxygen atoms in total. The van der Waals surface area contributed by atoms with Gasteiger partial charge in [-0.3, -0.25) is 4.99 Å². The number of aromatic nitrogens is 1. The Morgan fingerprint density at radius 2 is 2.17 bits per heavy atom. The van der Waals surface area contributed by atoms with Gasteiger partial charge in [-0.05, 0) is 12.3 Å². The molecule has 0 radical (unpaired) electrons. The van der Waals surface area contributed by atoms with Crippen molar-refractivity contribution in [1.29, 1.82) is 0 Å². The van der Waals surface area contributed by atoms with Gasteiger partial charge in [-0.15, -0.1) is 11.8 Å². The predicted octanol–water partition coefficient (Wildman–Crippen LogP) is 4.20. The van der Waals surface area contributed by atoms with Crippen molar-refractivity contribution in [1.82, 2.24) is 4.98 Å². The molecule has 1 aromatic heterocycles. The molecule has 0 spiro atoms. The molecule has 0 atom stereocenters. The lowest BCUT2D eigenvalue weighted by Crippen LogP contribution is -2.08. The smallest absolute Gasteiger partial charge is 0.204 e. The first kappa shape index (κ1) is 13.4. The van der Waals surface area contributed by atoms with Crippen molar-refractivity contribution in [2.24, 2.45) is 10.4 Å². The highest BCUT2D eigenvalue weighted by Crippen LogP contribution is 2.28. The minimum atomic E-state index is 0.239. The maximum absolute atomic E-state index is 5.75. The SMILES string of the molecule is CC1=NC=C(SCc2ncc(CC(C)(C)C)o2)C1. The highest BCUT2D eigenvalue weighted by molar-refractivity contribution is 8.02. The molecule has 0 N–H and O–H groups in total. The van der Waals surface area contributed by atoms with Gasteiger partial charge in [0.25, 0.3) is 0 Å².